The van der Waals surface area contributed by atoms with Crippen LogP contribution in [0.2, 0.25) is 0 Å². The van der Waals surface area contributed by atoms with Crippen LogP contribution in [0.5, 0.6) is 0 Å². The summed E-state index contributed by atoms with van der Waals surface area (Å²) in [5, 5.41) is 14.1. The third-order valence-corrected chi connectivity index (χ3v) is 1.58. The molecule has 0 aromatic heterocycles. The van der Waals surface area contributed by atoms with Crippen LogP contribution in [0.25, 0.3) is 0 Å². The van der Waals surface area contributed by atoms with E-state index in [1.807, 2.05) is 0 Å². The topological polar surface area (TPSA) is 92.3 Å². The third kappa shape index (κ3) is 21.1. The molecule has 0 rings (SSSR count). The molecule has 0 fully saturated rings. The van der Waals surface area contributed by atoms with E-state index in [-0.39, 0.29) is 5.48 Å². The summed E-state index contributed by atoms with van der Waals surface area (Å²) in [6.45, 7) is 10.1. The van der Waals surface area contributed by atoms with Gasteiger partial charge in [-0.3, -0.25) is 0 Å². The molecule has 0 atom stereocenters. The highest BCUT2D eigenvalue weighted by atomic mass is 19.4. The van der Waals surface area contributed by atoms with Crippen molar-refractivity contribution in [3.8, 4) is 0 Å². The van der Waals surface area contributed by atoms with Crippen molar-refractivity contribution < 1.29 is 33.7 Å². The van der Waals surface area contributed by atoms with Gasteiger partial charge in [-0.05, 0) is 19.6 Å². The first-order valence-corrected chi connectivity index (χ1v) is 4.76. The van der Waals surface area contributed by atoms with E-state index < -0.39 is 12.1 Å². The molecule has 0 aromatic rings. The number of alkyl halides is 3. The summed E-state index contributed by atoms with van der Waals surface area (Å²) in [5.74, 6) is -2.76. The molecule has 0 aliphatic carbocycles. The van der Waals surface area contributed by atoms with E-state index in [2.05, 4.69) is 25.7 Å². The summed E-state index contributed by atoms with van der Waals surface area (Å²) in [4.78, 5) is 11.3. The SMILES string of the molecule is CCN(CC)CC.CO.O.O=C(O)C(F)(F)F. The smallest absolute Gasteiger partial charge is 0.475 e. The number of carbonyl (C=O) groups is 1. The van der Waals surface area contributed by atoms with Gasteiger partial charge in [-0.2, -0.15) is 13.2 Å². The summed E-state index contributed by atoms with van der Waals surface area (Å²) in [6, 6.07) is 0. The van der Waals surface area contributed by atoms with Crippen molar-refractivity contribution in [2.24, 2.45) is 0 Å². The molecule has 8 heteroatoms. The van der Waals surface area contributed by atoms with E-state index >= 15 is 0 Å². The molecule has 5 nitrogen and oxygen atoms in total. The molecule has 0 heterocycles. The van der Waals surface area contributed by atoms with Gasteiger partial charge in [0.25, 0.3) is 0 Å². The van der Waals surface area contributed by atoms with Crippen molar-refractivity contribution in [1.29, 1.82) is 0 Å². The number of nitrogens with zero attached hydrogens (tertiary/aromatic N) is 1. The van der Waals surface area contributed by atoms with Crippen LogP contribution in [-0.4, -0.2) is 59.5 Å². The van der Waals surface area contributed by atoms with Crippen molar-refractivity contribution in [3.63, 3.8) is 0 Å². The molecule has 0 unspecified atom stereocenters. The largest absolute Gasteiger partial charge is 0.490 e. The maximum absolute atomic E-state index is 10.6. The van der Waals surface area contributed by atoms with Crippen molar-refractivity contribution in [1.82, 2.24) is 4.90 Å². The van der Waals surface area contributed by atoms with Gasteiger partial charge in [0.15, 0.2) is 0 Å². The van der Waals surface area contributed by atoms with E-state index in [1.54, 1.807) is 0 Å². The lowest BCUT2D eigenvalue weighted by molar-refractivity contribution is -0.192. The molecule has 0 aromatic carbocycles. The predicted molar refractivity (Wildman–Crippen MR) is 58.9 cm³/mol. The second-order valence-electron chi connectivity index (χ2n) is 2.42. The first kappa shape index (κ1) is 25.1. The first-order chi connectivity index (χ1) is 7.29. The maximum Gasteiger partial charge on any atom is 0.490 e. The van der Waals surface area contributed by atoms with E-state index in [1.165, 1.54) is 19.6 Å². The molecule has 17 heavy (non-hydrogen) atoms. The minimum absolute atomic E-state index is 0. The van der Waals surface area contributed by atoms with Crippen LogP contribution in [0.1, 0.15) is 20.8 Å². The van der Waals surface area contributed by atoms with Crippen molar-refractivity contribution in [3.05, 3.63) is 0 Å². The van der Waals surface area contributed by atoms with E-state index in [0.29, 0.717) is 0 Å². The molecule has 0 amide bonds. The lowest BCUT2D eigenvalue weighted by atomic mass is 10.5. The fourth-order valence-electron chi connectivity index (χ4n) is 0.671. The Balaban J connectivity index is -0.0000000823. The zero-order valence-corrected chi connectivity index (χ0v) is 10.5. The van der Waals surface area contributed by atoms with Crippen LogP contribution in [0, 0.1) is 0 Å². The fraction of sp³-hybridized carbons (Fsp3) is 0.889. The molecule has 0 bridgehead atoms. The van der Waals surface area contributed by atoms with Crippen molar-refractivity contribution in [2.75, 3.05) is 26.7 Å². The van der Waals surface area contributed by atoms with Crippen LogP contribution in [0.3, 0.4) is 0 Å². The Kier molecular flexibility index (Phi) is 22.4. The second kappa shape index (κ2) is 15.1. The summed E-state index contributed by atoms with van der Waals surface area (Å²) in [7, 11) is 1.00. The summed E-state index contributed by atoms with van der Waals surface area (Å²) in [5.41, 5.74) is 0. The van der Waals surface area contributed by atoms with Gasteiger partial charge in [-0.25, -0.2) is 4.79 Å². The number of hydrogen-bond donors (Lipinski definition) is 2. The van der Waals surface area contributed by atoms with Crippen LogP contribution in [-0.2, 0) is 4.79 Å². The molecule has 0 radical (unpaired) electrons. The minimum atomic E-state index is -5.08. The number of carboxylic acid groups (broad SMARTS) is 1. The van der Waals surface area contributed by atoms with Gasteiger partial charge in [0.2, 0.25) is 0 Å². The Morgan fingerprint density at radius 3 is 1.24 bits per heavy atom. The molecular weight excluding hydrogens is 243 g/mol. The van der Waals surface area contributed by atoms with E-state index in [4.69, 9.17) is 15.0 Å². The van der Waals surface area contributed by atoms with Gasteiger partial charge in [0.1, 0.15) is 0 Å². The molecule has 0 saturated carbocycles. The Morgan fingerprint density at radius 2 is 1.24 bits per heavy atom. The first-order valence-electron chi connectivity index (χ1n) is 4.76. The Morgan fingerprint density at radius 1 is 1.06 bits per heavy atom. The standard InChI is InChI=1S/C6H15N.C2HF3O2.CH4O.H2O/c1-4-7(5-2)6-3;3-2(4,5)1(6)7;1-2;/h4-6H2,1-3H3;(H,6,7);2H,1H3;1H2. The van der Waals surface area contributed by atoms with Crippen LogP contribution >= 0.6 is 0 Å². The van der Waals surface area contributed by atoms with Gasteiger partial charge in [-0.15, -0.1) is 0 Å². The van der Waals surface area contributed by atoms with Crippen LogP contribution in [0.15, 0.2) is 0 Å². The number of aliphatic carboxylic acids is 1. The van der Waals surface area contributed by atoms with Gasteiger partial charge in [0.05, 0.1) is 0 Å². The Hall–Kier alpha value is -0.860. The van der Waals surface area contributed by atoms with Crippen molar-refractivity contribution in [2.45, 2.75) is 26.9 Å². The van der Waals surface area contributed by atoms with E-state index in [0.717, 1.165) is 7.11 Å². The number of aliphatic hydroxyl groups excluding tert-OH is 1. The number of rotatable bonds is 3. The monoisotopic (exact) mass is 265 g/mol. The zero-order chi connectivity index (χ0) is 13.8. The molecular formula is C9H22F3NO4. The number of aliphatic hydroxyl groups is 1. The normalized spacial score (nSPS) is 9.24. The summed E-state index contributed by atoms with van der Waals surface area (Å²) in [6.07, 6.45) is -5.08. The van der Waals surface area contributed by atoms with Gasteiger partial charge in [-0.1, -0.05) is 20.8 Å². The van der Waals surface area contributed by atoms with Crippen LogP contribution in [0.4, 0.5) is 13.2 Å². The zero-order valence-electron chi connectivity index (χ0n) is 10.5. The molecule has 4 N–H and O–H groups in total. The van der Waals surface area contributed by atoms with Gasteiger partial charge >= 0.3 is 12.1 Å². The second-order valence-corrected chi connectivity index (χ2v) is 2.42. The minimum Gasteiger partial charge on any atom is -0.475 e. The summed E-state index contributed by atoms with van der Waals surface area (Å²) < 4.78 is 31.7. The molecule has 0 aliphatic heterocycles. The van der Waals surface area contributed by atoms with Crippen molar-refractivity contribution >= 4 is 5.97 Å². The van der Waals surface area contributed by atoms with E-state index in [9.17, 15) is 13.2 Å². The Bertz CT molecular complexity index is 155. The predicted octanol–water partition coefficient (Wildman–Crippen LogP) is 0.765. The molecule has 0 saturated heterocycles. The number of hydrogen-bond acceptors (Lipinski definition) is 3. The summed E-state index contributed by atoms with van der Waals surface area (Å²) >= 11 is 0. The molecule has 108 valence electrons. The fourth-order valence-corrected chi connectivity index (χ4v) is 0.671. The third-order valence-electron chi connectivity index (χ3n) is 1.58. The highest BCUT2D eigenvalue weighted by Crippen LogP contribution is 2.13. The maximum atomic E-state index is 10.6. The molecule has 0 spiro atoms. The lowest BCUT2D eigenvalue weighted by Gasteiger charge is -2.13. The average molecular weight is 265 g/mol. The molecule has 0 aliphatic rings. The van der Waals surface area contributed by atoms with Gasteiger partial charge in [0, 0.05) is 7.11 Å². The van der Waals surface area contributed by atoms with Gasteiger partial charge < -0.3 is 20.6 Å². The highest BCUT2D eigenvalue weighted by Gasteiger charge is 2.38. The number of halogens is 3. The van der Waals surface area contributed by atoms with Crippen LogP contribution < -0.4 is 0 Å². The lowest BCUT2D eigenvalue weighted by Crippen LogP contribution is -2.21. The highest BCUT2D eigenvalue weighted by molar-refractivity contribution is 5.73. The Labute approximate surface area is 99.2 Å². The average Bonchev–Trinajstić information content (AvgIpc) is 2.23. The quantitative estimate of drug-likeness (QED) is 0.788. The number of carboxylic acids is 1.